The highest BCUT2D eigenvalue weighted by molar-refractivity contribution is 5.37. The highest BCUT2D eigenvalue weighted by Gasteiger charge is 2.22. The molecule has 0 bridgehead atoms. The van der Waals surface area contributed by atoms with Gasteiger partial charge in [0.25, 0.3) is 0 Å². The maximum atomic E-state index is 13.0. The molecule has 1 atom stereocenters. The van der Waals surface area contributed by atoms with Crippen molar-refractivity contribution in [3.8, 4) is 6.07 Å². The average Bonchev–Trinajstić information content (AvgIpc) is 2.79. The molecule has 1 unspecified atom stereocenters. The molecule has 3 nitrogen and oxygen atoms in total. The molecule has 17 heavy (non-hydrogen) atoms. The summed E-state index contributed by atoms with van der Waals surface area (Å²) < 4.78 is 13.0. The third-order valence-corrected chi connectivity index (χ3v) is 3.21. The number of nitrogens with zero attached hydrogens (tertiary/aromatic N) is 2. The van der Waals surface area contributed by atoms with Crippen molar-refractivity contribution >= 4 is 0 Å². The monoisotopic (exact) mass is 234 g/mol. The van der Waals surface area contributed by atoms with E-state index in [4.69, 9.17) is 10.4 Å². The maximum absolute atomic E-state index is 13.0. The first kappa shape index (κ1) is 12.0. The third-order valence-electron chi connectivity index (χ3n) is 3.21. The van der Waals surface area contributed by atoms with Gasteiger partial charge in [-0.3, -0.25) is 4.90 Å². The summed E-state index contributed by atoms with van der Waals surface area (Å²) in [5.41, 5.74) is 1.25. The number of hydrogen-bond acceptors (Lipinski definition) is 3. The summed E-state index contributed by atoms with van der Waals surface area (Å²) in [6.45, 7) is 2.64. The Bertz CT molecular complexity index is 442. The topological polar surface area (TPSA) is 47.3 Å². The van der Waals surface area contributed by atoms with Crippen LogP contribution in [0.1, 0.15) is 17.5 Å². The predicted octanol–water partition coefficient (Wildman–Crippen LogP) is 1.51. The molecule has 1 saturated heterocycles. The van der Waals surface area contributed by atoms with Gasteiger partial charge in [-0.25, -0.2) is 4.39 Å². The highest BCUT2D eigenvalue weighted by atomic mass is 19.1. The van der Waals surface area contributed by atoms with Gasteiger partial charge in [-0.15, -0.1) is 0 Å². The number of benzene rings is 1. The van der Waals surface area contributed by atoms with Gasteiger partial charge in [0.15, 0.2) is 0 Å². The van der Waals surface area contributed by atoms with Crippen LogP contribution >= 0.6 is 0 Å². The van der Waals surface area contributed by atoms with Crippen molar-refractivity contribution in [2.75, 3.05) is 19.7 Å². The molecule has 0 aliphatic carbocycles. The van der Waals surface area contributed by atoms with Gasteiger partial charge in [0.1, 0.15) is 5.82 Å². The van der Waals surface area contributed by atoms with E-state index < -0.39 is 0 Å². The summed E-state index contributed by atoms with van der Waals surface area (Å²) in [5.74, 6) is -0.0408. The first-order chi connectivity index (χ1) is 8.22. The van der Waals surface area contributed by atoms with Crippen LogP contribution in [0, 0.1) is 23.1 Å². The van der Waals surface area contributed by atoms with Crippen LogP contribution < -0.4 is 0 Å². The standard InChI is InChI=1S/C13H15FN2O/c14-13-2-1-11(12(5-13)6-15)8-16-4-3-10(7-16)9-17/h1-2,5,10,17H,3-4,7-9H2. The van der Waals surface area contributed by atoms with Crippen molar-refractivity contribution in [2.24, 2.45) is 5.92 Å². The largest absolute Gasteiger partial charge is 0.396 e. The SMILES string of the molecule is N#Cc1cc(F)ccc1CN1CCC(CO)C1. The maximum Gasteiger partial charge on any atom is 0.124 e. The lowest BCUT2D eigenvalue weighted by Gasteiger charge is -2.16. The molecule has 1 aromatic rings. The lowest BCUT2D eigenvalue weighted by atomic mass is 10.1. The number of aliphatic hydroxyl groups excluding tert-OH is 1. The summed E-state index contributed by atoms with van der Waals surface area (Å²) in [6, 6.07) is 6.34. The van der Waals surface area contributed by atoms with E-state index >= 15 is 0 Å². The second kappa shape index (κ2) is 5.26. The van der Waals surface area contributed by atoms with E-state index in [-0.39, 0.29) is 12.4 Å². The Morgan fingerprint density at radius 1 is 1.53 bits per heavy atom. The fourth-order valence-electron chi connectivity index (χ4n) is 2.24. The van der Waals surface area contributed by atoms with Crippen LogP contribution in [0.15, 0.2) is 18.2 Å². The molecular formula is C13H15FN2O. The minimum absolute atomic E-state index is 0.213. The van der Waals surface area contributed by atoms with Gasteiger partial charge >= 0.3 is 0 Å². The smallest absolute Gasteiger partial charge is 0.124 e. The van der Waals surface area contributed by atoms with Gasteiger partial charge in [0.2, 0.25) is 0 Å². The third kappa shape index (κ3) is 2.82. The van der Waals surface area contributed by atoms with Crippen molar-refractivity contribution in [2.45, 2.75) is 13.0 Å². The van der Waals surface area contributed by atoms with Crippen LogP contribution in [0.4, 0.5) is 4.39 Å². The molecule has 0 saturated carbocycles. The van der Waals surface area contributed by atoms with Gasteiger partial charge in [0.05, 0.1) is 11.6 Å². The second-order valence-corrected chi connectivity index (χ2v) is 4.49. The lowest BCUT2D eigenvalue weighted by molar-refractivity contribution is 0.220. The van der Waals surface area contributed by atoms with E-state index in [1.807, 2.05) is 6.07 Å². The van der Waals surface area contributed by atoms with Gasteiger partial charge in [0, 0.05) is 19.7 Å². The van der Waals surface area contributed by atoms with Crippen molar-refractivity contribution in [1.82, 2.24) is 4.90 Å². The Hall–Kier alpha value is -1.44. The normalized spacial score (nSPS) is 20.4. The van der Waals surface area contributed by atoms with Gasteiger partial charge in [-0.2, -0.15) is 5.26 Å². The van der Waals surface area contributed by atoms with E-state index in [0.29, 0.717) is 18.0 Å². The van der Waals surface area contributed by atoms with Crippen LogP contribution in [0.25, 0.3) is 0 Å². The zero-order valence-corrected chi connectivity index (χ0v) is 9.56. The Morgan fingerprint density at radius 2 is 2.35 bits per heavy atom. The van der Waals surface area contributed by atoms with E-state index in [9.17, 15) is 4.39 Å². The number of rotatable bonds is 3. The summed E-state index contributed by atoms with van der Waals surface area (Å²) in [7, 11) is 0. The zero-order chi connectivity index (χ0) is 12.3. The minimum Gasteiger partial charge on any atom is -0.396 e. The molecule has 1 heterocycles. The molecule has 0 amide bonds. The Morgan fingerprint density at radius 3 is 3.00 bits per heavy atom. The first-order valence-corrected chi connectivity index (χ1v) is 5.74. The molecule has 1 N–H and O–H groups in total. The van der Waals surface area contributed by atoms with Crippen molar-refractivity contribution in [3.63, 3.8) is 0 Å². The van der Waals surface area contributed by atoms with Crippen LogP contribution in [0.5, 0.6) is 0 Å². The molecule has 0 spiro atoms. The van der Waals surface area contributed by atoms with Crippen molar-refractivity contribution in [3.05, 3.63) is 35.1 Å². The highest BCUT2D eigenvalue weighted by Crippen LogP contribution is 2.20. The zero-order valence-electron chi connectivity index (χ0n) is 9.56. The number of nitriles is 1. The van der Waals surface area contributed by atoms with E-state index in [1.165, 1.54) is 12.1 Å². The fraction of sp³-hybridized carbons (Fsp3) is 0.462. The second-order valence-electron chi connectivity index (χ2n) is 4.49. The Balaban J connectivity index is 2.07. The molecule has 1 aliphatic heterocycles. The van der Waals surface area contributed by atoms with Crippen molar-refractivity contribution < 1.29 is 9.50 Å². The van der Waals surface area contributed by atoms with Gasteiger partial charge < -0.3 is 5.11 Å². The summed E-state index contributed by atoms with van der Waals surface area (Å²) in [5, 5.41) is 18.0. The molecule has 4 heteroatoms. The van der Waals surface area contributed by atoms with Crippen LogP contribution in [0.3, 0.4) is 0 Å². The average molecular weight is 234 g/mol. The lowest BCUT2D eigenvalue weighted by Crippen LogP contribution is -2.21. The predicted molar refractivity (Wildman–Crippen MR) is 61.6 cm³/mol. The quantitative estimate of drug-likeness (QED) is 0.862. The Labute approximate surface area is 100 Å². The molecule has 0 aromatic heterocycles. The van der Waals surface area contributed by atoms with E-state index in [0.717, 1.165) is 25.1 Å². The molecular weight excluding hydrogens is 219 g/mol. The van der Waals surface area contributed by atoms with Crippen molar-refractivity contribution in [1.29, 1.82) is 5.26 Å². The molecule has 2 rings (SSSR count). The summed E-state index contributed by atoms with van der Waals surface area (Å²) in [4.78, 5) is 2.19. The summed E-state index contributed by atoms with van der Waals surface area (Å²) in [6.07, 6.45) is 0.986. The van der Waals surface area contributed by atoms with Crippen LogP contribution in [-0.2, 0) is 6.54 Å². The summed E-state index contributed by atoms with van der Waals surface area (Å²) >= 11 is 0. The fourth-order valence-corrected chi connectivity index (χ4v) is 2.24. The van der Waals surface area contributed by atoms with Crippen LogP contribution in [-0.4, -0.2) is 29.7 Å². The molecule has 0 radical (unpaired) electrons. The number of aliphatic hydroxyl groups is 1. The van der Waals surface area contributed by atoms with E-state index in [2.05, 4.69) is 4.90 Å². The number of halogens is 1. The van der Waals surface area contributed by atoms with E-state index in [1.54, 1.807) is 6.07 Å². The molecule has 1 aromatic carbocycles. The molecule has 1 fully saturated rings. The number of hydrogen-bond donors (Lipinski definition) is 1. The molecule has 1 aliphatic rings. The minimum atomic E-state index is -0.375. The van der Waals surface area contributed by atoms with Gasteiger partial charge in [-0.1, -0.05) is 6.07 Å². The Kier molecular flexibility index (Phi) is 3.72. The van der Waals surface area contributed by atoms with Gasteiger partial charge in [-0.05, 0) is 36.6 Å². The first-order valence-electron chi connectivity index (χ1n) is 5.74. The number of likely N-dealkylation sites (tertiary alicyclic amines) is 1. The van der Waals surface area contributed by atoms with Crippen LogP contribution in [0.2, 0.25) is 0 Å². The molecule has 90 valence electrons.